The Morgan fingerprint density at radius 3 is 0.909 bits per heavy atom. The van der Waals surface area contributed by atoms with E-state index < -0.39 is 0 Å². The van der Waals surface area contributed by atoms with Gasteiger partial charge in [-0.3, -0.25) is 0 Å². The number of methoxy groups -OCH3 is 1. The van der Waals surface area contributed by atoms with Crippen molar-refractivity contribution in [3.8, 4) is 0 Å². The van der Waals surface area contributed by atoms with Crippen LogP contribution in [0.25, 0.3) is 0 Å². The smallest absolute Gasteiger partial charge is 0.0701 e. The normalized spacial score (nSPS) is 11.5. The second kappa shape index (κ2) is 31.7. The molecule has 0 bridgehead atoms. The van der Waals surface area contributed by atoms with Crippen molar-refractivity contribution in [3.63, 3.8) is 0 Å². The molecule has 0 aromatic carbocycles. The molecular weight excluding hydrogens is 424 g/mol. The van der Waals surface area contributed by atoms with Crippen molar-refractivity contribution in [2.24, 2.45) is 0 Å². The Morgan fingerprint density at radius 2 is 0.576 bits per heavy atom. The molecule has 0 aromatic rings. The van der Waals surface area contributed by atoms with Crippen LogP contribution in [-0.4, -0.2) is 93.0 Å². The van der Waals surface area contributed by atoms with Gasteiger partial charge in [0, 0.05) is 13.7 Å². The third kappa shape index (κ3) is 31.7. The van der Waals surface area contributed by atoms with E-state index in [1.165, 1.54) is 64.2 Å². The van der Waals surface area contributed by atoms with Crippen LogP contribution in [0, 0.1) is 0 Å². The first-order chi connectivity index (χ1) is 16.4. The van der Waals surface area contributed by atoms with Gasteiger partial charge >= 0.3 is 0 Å². The van der Waals surface area contributed by atoms with E-state index in [4.69, 9.17) is 33.2 Å². The van der Waals surface area contributed by atoms with Gasteiger partial charge < -0.3 is 33.2 Å². The van der Waals surface area contributed by atoms with Gasteiger partial charge in [-0.2, -0.15) is 0 Å². The molecule has 0 fully saturated rings. The van der Waals surface area contributed by atoms with E-state index in [2.05, 4.69) is 6.92 Å². The predicted molar refractivity (Wildman–Crippen MR) is 133 cm³/mol. The molecule has 0 amide bonds. The highest BCUT2D eigenvalue weighted by atomic mass is 16.6. The number of rotatable bonds is 30. The predicted octanol–water partition coefficient (Wildman–Crippen LogP) is 5.04. The topological polar surface area (TPSA) is 64.6 Å². The first-order valence-corrected chi connectivity index (χ1v) is 13.4. The van der Waals surface area contributed by atoms with Crippen molar-refractivity contribution in [2.75, 3.05) is 93.0 Å². The summed E-state index contributed by atoms with van der Waals surface area (Å²) >= 11 is 0. The molecule has 0 aliphatic carbocycles. The second-order valence-electron chi connectivity index (χ2n) is 8.20. The number of ether oxygens (including phenoxy) is 7. The Bertz CT molecular complexity index is 302. The van der Waals surface area contributed by atoms with Gasteiger partial charge in [0.2, 0.25) is 0 Å². The van der Waals surface area contributed by atoms with Crippen molar-refractivity contribution < 1.29 is 33.2 Å². The summed E-state index contributed by atoms with van der Waals surface area (Å²) in [5, 5.41) is 0. The quantitative estimate of drug-likeness (QED) is 0.134. The molecule has 0 aliphatic heterocycles. The lowest BCUT2D eigenvalue weighted by Crippen LogP contribution is -2.14. The zero-order valence-corrected chi connectivity index (χ0v) is 21.8. The van der Waals surface area contributed by atoms with Gasteiger partial charge in [-0.25, -0.2) is 0 Å². The molecule has 0 spiro atoms. The van der Waals surface area contributed by atoms with Crippen molar-refractivity contribution in [2.45, 2.75) is 77.6 Å². The lowest BCUT2D eigenvalue weighted by molar-refractivity contribution is -0.0191. The summed E-state index contributed by atoms with van der Waals surface area (Å²) in [7, 11) is 1.66. The van der Waals surface area contributed by atoms with Crippen LogP contribution < -0.4 is 0 Å². The molecule has 0 atom stereocenters. The Hall–Kier alpha value is -0.280. The fourth-order valence-corrected chi connectivity index (χ4v) is 3.21. The standard InChI is InChI=1S/C26H54O7/c1-3-4-5-6-7-8-9-10-11-12-13-14-28-17-18-30-21-22-32-25-26-33-24-23-31-20-19-29-16-15-27-2/h3-26H2,1-2H3. The third-order valence-corrected chi connectivity index (χ3v) is 5.18. The molecule has 0 aliphatic rings. The van der Waals surface area contributed by atoms with Crippen LogP contribution in [0.2, 0.25) is 0 Å². The highest BCUT2D eigenvalue weighted by molar-refractivity contribution is 4.48. The average molecular weight is 479 g/mol. The summed E-state index contributed by atoms with van der Waals surface area (Å²) in [5.74, 6) is 0. The monoisotopic (exact) mass is 478 g/mol. The first kappa shape index (κ1) is 32.7. The zero-order valence-electron chi connectivity index (χ0n) is 21.8. The summed E-state index contributed by atoms with van der Waals surface area (Å²) in [5.41, 5.74) is 0. The number of hydrogen-bond acceptors (Lipinski definition) is 7. The molecule has 0 N–H and O–H groups in total. The van der Waals surface area contributed by atoms with E-state index in [0.29, 0.717) is 79.3 Å². The minimum absolute atomic E-state index is 0.564. The summed E-state index contributed by atoms with van der Waals surface area (Å²) < 4.78 is 37.7. The molecule has 7 nitrogen and oxygen atoms in total. The lowest BCUT2D eigenvalue weighted by atomic mass is 10.1. The van der Waals surface area contributed by atoms with Crippen LogP contribution in [0.15, 0.2) is 0 Å². The number of hydrogen-bond donors (Lipinski definition) is 0. The van der Waals surface area contributed by atoms with Crippen LogP contribution >= 0.6 is 0 Å². The SMILES string of the molecule is CCCCCCCCCCCCCOCCOCCOCCOCCOCCOCCOC. The fraction of sp³-hybridized carbons (Fsp3) is 1.00. The minimum atomic E-state index is 0.564. The molecule has 200 valence electrons. The lowest BCUT2D eigenvalue weighted by Gasteiger charge is -2.08. The van der Waals surface area contributed by atoms with Crippen LogP contribution in [0.1, 0.15) is 77.6 Å². The van der Waals surface area contributed by atoms with Gasteiger partial charge in [0.1, 0.15) is 0 Å². The Kier molecular flexibility index (Phi) is 31.5. The second-order valence-corrected chi connectivity index (χ2v) is 8.20. The summed E-state index contributed by atoms with van der Waals surface area (Å²) in [6.45, 7) is 10.2. The van der Waals surface area contributed by atoms with Gasteiger partial charge in [-0.1, -0.05) is 71.1 Å². The van der Waals surface area contributed by atoms with E-state index in [1.807, 2.05) is 0 Å². The van der Waals surface area contributed by atoms with Crippen LogP contribution in [0.4, 0.5) is 0 Å². The maximum absolute atomic E-state index is 5.63. The maximum Gasteiger partial charge on any atom is 0.0701 e. The van der Waals surface area contributed by atoms with E-state index in [-0.39, 0.29) is 0 Å². The molecule has 0 unspecified atom stereocenters. The van der Waals surface area contributed by atoms with Crippen molar-refractivity contribution >= 4 is 0 Å². The van der Waals surface area contributed by atoms with Gasteiger partial charge in [0.15, 0.2) is 0 Å². The molecule has 0 heterocycles. The van der Waals surface area contributed by atoms with E-state index in [1.54, 1.807) is 7.11 Å². The third-order valence-electron chi connectivity index (χ3n) is 5.18. The van der Waals surface area contributed by atoms with Crippen LogP contribution in [0.5, 0.6) is 0 Å². The van der Waals surface area contributed by atoms with Gasteiger partial charge in [0.05, 0.1) is 79.3 Å². The Balaban J connectivity index is 2.99. The first-order valence-electron chi connectivity index (χ1n) is 13.4. The molecule has 0 saturated carbocycles. The molecule has 0 rings (SSSR count). The maximum atomic E-state index is 5.63. The van der Waals surface area contributed by atoms with Gasteiger partial charge in [-0.05, 0) is 6.42 Å². The molecule has 0 saturated heterocycles. The van der Waals surface area contributed by atoms with E-state index in [0.717, 1.165) is 13.0 Å². The highest BCUT2D eigenvalue weighted by Gasteiger charge is 1.96. The van der Waals surface area contributed by atoms with Crippen molar-refractivity contribution in [1.82, 2.24) is 0 Å². The zero-order chi connectivity index (χ0) is 23.9. The number of unbranched alkanes of at least 4 members (excludes halogenated alkanes) is 10. The largest absolute Gasteiger partial charge is 0.382 e. The van der Waals surface area contributed by atoms with E-state index >= 15 is 0 Å². The average Bonchev–Trinajstić information content (AvgIpc) is 2.83. The van der Waals surface area contributed by atoms with Gasteiger partial charge in [0.25, 0.3) is 0 Å². The van der Waals surface area contributed by atoms with Crippen LogP contribution in [0.3, 0.4) is 0 Å². The molecule has 33 heavy (non-hydrogen) atoms. The van der Waals surface area contributed by atoms with E-state index in [9.17, 15) is 0 Å². The summed E-state index contributed by atoms with van der Waals surface area (Å²) in [6, 6.07) is 0. The van der Waals surface area contributed by atoms with Crippen molar-refractivity contribution in [3.05, 3.63) is 0 Å². The molecule has 0 aromatic heterocycles. The highest BCUT2D eigenvalue weighted by Crippen LogP contribution is 2.11. The fourth-order valence-electron chi connectivity index (χ4n) is 3.21. The minimum Gasteiger partial charge on any atom is -0.382 e. The Labute approximate surface area is 204 Å². The Morgan fingerprint density at radius 1 is 0.303 bits per heavy atom. The van der Waals surface area contributed by atoms with Crippen molar-refractivity contribution in [1.29, 1.82) is 0 Å². The molecular formula is C26H54O7. The van der Waals surface area contributed by atoms with Crippen LogP contribution in [-0.2, 0) is 33.2 Å². The summed E-state index contributed by atoms with van der Waals surface area (Å²) in [6.07, 6.45) is 15.0. The molecule has 0 radical (unpaired) electrons. The van der Waals surface area contributed by atoms with Gasteiger partial charge in [-0.15, -0.1) is 0 Å². The molecule has 7 heteroatoms. The summed E-state index contributed by atoms with van der Waals surface area (Å²) in [4.78, 5) is 0.